The van der Waals surface area contributed by atoms with E-state index in [0.717, 1.165) is 56.7 Å². The smallest absolute Gasteiger partial charge is 0.263 e. The highest BCUT2D eigenvalue weighted by molar-refractivity contribution is 7.20. The molecular formula is C25H32N4OS2. The maximum absolute atomic E-state index is 13.1. The third kappa shape index (κ3) is 4.56. The number of aryl methyl sites for hydroxylation is 1. The van der Waals surface area contributed by atoms with Crippen molar-refractivity contribution in [1.29, 1.82) is 0 Å². The summed E-state index contributed by atoms with van der Waals surface area (Å²) in [5.41, 5.74) is 7.18. The number of thiazole rings is 1. The number of likely N-dealkylation sites (tertiary alicyclic amines) is 1. The van der Waals surface area contributed by atoms with E-state index in [1.165, 1.54) is 33.5 Å². The quantitative estimate of drug-likeness (QED) is 0.549. The van der Waals surface area contributed by atoms with Crippen LogP contribution in [-0.2, 0) is 12.8 Å². The largest absolute Gasteiger partial charge is 0.375 e. The number of hydrogen-bond acceptors (Lipinski definition) is 6. The van der Waals surface area contributed by atoms with Crippen LogP contribution in [0.25, 0.3) is 10.1 Å². The van der Waals surface area contributed by atoms with E-state index >= 15 is 0 Å². The lowest BCUT2D eigenvalue weighted by Gasteiger charge is -2.39. The average molecular weight is 469 g/mol. The molecule has 3 aromatic rings. The fourth-order valence-electron chi connectivity index (χ4n) is 5.29. The molecule has 170 valence electrons. The van der Waals surface area contributed by atoms with E-state index in [-0.39, 0.29) is 5.91 Å². The third-order valence-corrected chi connectivity index (χ3v) is 9.04. The molecule has 2 aromatic heterocycles. The molecule has 0 unspecified atom stereocenters. The Labute approximate surface area is 198 Å². The molecule has 1 saturated heterocycles. The van der Waals surface area contributed by atoms with E-state index in [1.54, 1.807) is 22.7 Å². The van der Waals surface area contributed by atoms with Crippen molar-refractivity contribution in [2.24, 2.45) is 5.92 Å². The van der Waals surface area contributed by atoms with Crippen molar-refractivity contribution in [3.8, 4) is 0 Å². The molecule has 2 N–H and O–H groups in total. The first-order chi connectivity index (χ1) is 15.6. The van der Waals surface area contributed by atoms with Crippen LogP contribution < -0.4 is 5.73 Å². The molecule has 5 nitrogen and oxygen atoms in total. The van der Waals surface area contributed by atoms with Crippen LogP contribution in [0.15, 0.2) is 30.3 Å². The molecule has 0 bridgehead atoms. The van der Waals surface area contributed by atoms with Gasteiger partial charge in [0.25, 0.3) is 5.91 Å². The van der Waals surface area contributed by atoms with E-state index in [0.29, 0.717) is 17.1 Å². The Morgan fingerprint density at radius 3 is 2.81 bits per heavy atom. The number of amides is 1. The fraction of sp³-hybridized carbons (Fsp3) is 0.520. The maximum atomic E-state index is 13.1. The lowest BCUT2D eigenvalue weighted by molar-refractivity contribution is 0.0647. The Balaban J connectivity index is 1.18. The van der Waals surface area contributed by atoms with Crippen molar-refractivity contribution < 1.29 is 4.79 Å². The maximum Gasteiger partial charge on any atom is 0.263 e. The van der Waals surface area contributed by atoms with Crippen molar-refractivity contribution >= 4 is 43.8 Å². The van der Waals surface area contributed by atoms with Gasteiger partial charge in [0.15, 0.2) is 5.13 Å². The Kier molecular flexibility index (Phi) is 6.49. The number of piperidine rings is 1. The molecule has 1 amide bonds. The summed E-state index contributed by atoms with van der Waals surface area (Å²) >= 11 is 3.29. The van der Waals surface area contributed by atoms with Gasteiger partial charge in [-0.25, -0.2) is 4.98 Å². The first-order valence-electron chi connectivity index (χ1n) is 11.9. The van der Waals surface area contributed by atoms with E-state index in [2.05, 4.69) is 39.9 Å². The van der Waals surface area contributed by atoms with Crippen LogP contribution in [0.4, 0.5) is 5.13 Å². The minimum Gasteiger partial charge on any atom is -0.375 e. The minimum atomic E-state index is 0.206. The van der Waals surface area contributed by atoms with Gasteiger partial charge >= 0.3 is 0 Å². The van der Waals surface area contributed by atoms with Gasteiger partial charge in [-0.05, 0) is 68.5 Å². The number of aromatic nitrogens is 1. The number of nitrogen functional groups attached to an aromatic ring is 1. The normalized spacial score (nSPS) is 19.6. The third-order valence-electron chi connectivity index (χ3n) is 6.99. The van der Waals surface area contributed by atoms with Crippen LogP contribution in [-0.4, -0.2) is 52.9 Å². The summed E-state index contributed by atoms with van der Waals surface area (Å²) in [6.45, 7) is 6.32. The number of anilines is 1. The van der Waals surface area contributed by atoms with E-state index in [4.69, 9.17) is 5.73 Å². The highest BCUT2D eigenvalue weighted by Gasteiger charge is 2.30. The lowest BCUT2D eigenvalue weighted by Crippen LogP contribution is -2.45. The van der Waals surface area contributed by atoms with Crippen LogP contribution in [0.1, 0.15) is 52.8 Å². The second kappa shape index (κ2) is 9.49. The van der Waals surface area contributed by atoms with Crippen molar-refractivity contribution in [2.75, 3.05) is 31.9 Å². The highest BCUT2D eigenvalue weighted by Crippen LogP contribution is 2.32. The number of benzene rings is 1. The van der Waals surface area contributed by atoms with Crippen molar-refractivity contribution in [3.63, 3.8) is 0 Å². The number of carbonyl (C=O) groups is 1. The predicted octanol–water partition coefficient (Wildman–Crippen LogP) is 5.06. The lowest BCUT2D eigenvalue weighted by atomic mass is 9.92. The number of thiophene rings is 1. The van der Waals surface area contributed by atoms with Gasteiger partial charge in [-0.2, -0.15) is 0 Å². The molecule has 0 radical (unpaired) electrons. The van der Waals surface area contributed by atoms with Gasteiger partial charge in [0.2, 0.25) is 0 Å². The second-order valence-corrected chi connectivity index (χ2v) is 11.4. The number of nitrogens with zero attached hydrogens (tertiary/aromatic N) is 3. The number of rotatable bonds is 6. The topological polar surface area (TPSA) is 62.5 Å². The molecule has 0 spiro atoms. The van der Waals surface area contributed by atoms with E-state index in [9.17, 15) is 4.79 Å². The van der Waals surface area contributed by atoms with Gasteiger partial charge in [0.05, 0.1) is 10.6 Å². The minimum absolute atomic E-state index is 0.206. The Bertz CT molecular complexity index is 1050. The van der Waals surface area contributed by atoms with Gasteiger partial charge in [0, 0.05) is 35.3 Å². The number of fused-ring (bicyclic) bond motifs is 2. The Morgan fingerprint density at radius 1 is 1.22 bits per heavy atom. The zero-order valence-corrected chi connectivity index (χ0v) is 20.4. The number of nitrogens with two attached hydrogens (primary N) is 1. The van der Waals surface area contributed by atoms with Crippen molar-refractivity contribution in [3.05, 3.63) is 45.8 Å². The molecule has 1 atom stereocenters. The summed E-state index contributed by atoms with van der Waals surface area (Å²) in [4.78, 5) is 24.6. The van der Waals surface area contributed by atoms with Crippen LogP contribution in [0.2, 0.25) is 0 Å². The standard InChI is InChI=1S/C25H32N4OS2/c1-2-11-29(19-7-8-20-22(15-19)32-25(26)27-20)16-17-9-12-28(13-10-17)24(30)23-14-18-5-3-4-6-21(18)31-23/h3-6,14,17,19H,2,7-13,15-16H2,1H3,(H2,26,27)/t19-/m0/s1. The monoisotopic (exact) mass is 468 g/mol. The number of carbonyl (C=O) groups excluding carboxylic acids is 1. The summed E-state index contributed by atoms with van der Waals surface area (Å²) in [6.07, 6.45) is 6.70. The molecule has 1 fully saturated rings. The highest BCUT2D eigenvalue weighted by atomic mass is 32.1. The molecule has 1 aliphatic carbocycles. The first kappa shape index (κ1) is 21.9. The average Bonchev–Trinajstić information content (AvgIpc) is 3.40. The number of hydrogen-bond donors (Lipinski definition) is 1. The Morgan fingerprint density at radius 2 is 2.03 bits per heavy atom. The summed E-state index contributed by atoms with van der Waals surface area (Å²) in [6, 6.07) is 10.9. The van der Waals surface area contributed by atoms with Crippen LogP contribution in [0.5, 0.6) is 0 Å². The SMILES string of the molecule is CCCN(CC1CCN(C(=O)c2cc3ccccc3s2)CC1)[C@H]1CCc2nc(N)sc2C1. The molecule has 5 rings (SSSR count). The molecule has 2 aliphatic rings. The molecule has 1 aromatic carbocycles. The molecule has 1 aliphatic heterocycles. The second-order valence-electron chi connectivity index (χ2n) is 9.20. The predicted molar refractivity (Wildman–Crippen MR) is 135 cm³/mol. The van der Waals surface area contributed by atoms with Gasteiger partial charge in [-0.3, -0.25) is 9.69 Å². The summed E-state index contributed by atoms with van der Waals surface area (Å²) in [5.74, 6) is 0.874. The summed E-state index contributed by atoms with van der Waals surface area (Å²) < 4.78 is 1.19. The fourth-order valence-corrected chi connectivity index (χ4v) is 7.27. The van der Waals surface area contributed by atoms with E-state index in [1.807, 2.05) is 12.1 Å². The summed E-state index contributed by atoms with van der Waals surface area (Å²) in [7, 11) is 0. The van der Waals surface area contributed by atoms with Crippen LogP contribution in [0.3, 0.4) is 0 Å². The van der Waals surface area contributed by atoms with Crippen LogP contribution >= 0.6 is 22.7 Å². The Hall–Kier alpha value is -1.96. The molecule has 0 saturated carbocycles. The molecule has 32 heavy (non-hydrogen) atoms. The van der Waals surface area contributed by atoms with E-state index < -0.39 is 0 Å². The van der Waals surface area contributed by atoms with Gasteiger partial charge in [0.1, 0.15) is 0 Å². The molecule has 7 heteroatoms. The van der Waals surface area contributed by atoms with Crippen molar-refractivity contribution in [1.82, 2.24) is 14.8 Å². The van der Waals surface area contributed by atoms with Gasteiger partial charge < -0.3 is 10.6 Å². The van der Waals surface area contributed by atoms with Crippen LogP contribution in [0, 0.1) is 5.92 Å². The first-order valence-corrected chi connectivity index (χ1v) is 13.5. The van der Waals surface area contributed by atoms with Gasteiger partial charge in [-0.15, -0.1) is 22.7 Å². The zero-order chi connectivity index (χ0) is 22.1. The van der Waals surface area contributed by atoms with Crippen molar-refractivity contribution in [2.45, 2.75) is 51.5 Å². The van der Waals surface area contributed by atoms with Gasteiger partial charge in [-0.1, -0.05) is 25.1 Å². The molecular weight excluding hydrogens is 436 g/mol. The zero-order valence-electron chi connectivity index (χ0n) is 18.8. The summed E-state index contributed by atoms with van der Waals surface area (Å²) in [5, 5.41) is 1.89. The molecule has 3 heterocycles.